The monoisotopic (exact) mass is 380 g/mol. The van der Waals surface area contributed by atoms with Gasteiger partial charge in [-0.05, 0) is 47.5 Å². The zero-order chi connectivity index (χ0) is 19.9. The molecule has 0 aliphatic carbocycles. The first-order valence-corrected chi connectivity index (χ1v) is 8.56. The van der Waals surface area contributed by atoms with Crippen molar-refractivity contribution in [3.8, 4) is 11.5 Å². The lowest BCUT2D eigenvalue weighted by Gasteiger charge is -2.02. The number of benzene rings is 3. The highest BCUT2D eigenvalue weighted by atomic mass is 19.1. The molecule has 0 fully saturated rings. The average Bonchev–Trinajstić information content (AvgIpc) is 2.68. The minimum atomic E-state index is -0.441. The molecule has 3 aromatic rings. The maximum atomic E-state index is 13.2. The topological polar surface area (TPSA) is 65.2 Å². The van der Waals surface area contributed by atoms with Gasteiger partial charge in [0.15, 0.2) is 0 Å². The molecular weight excluding hydrogens is 362 g/mol. The molecule has 4 nitrogen and oxygen atoms in total. The minimum Gasteiger partial charge on any atom is -0.507 e. The third kappa shape index (κ3) is 5.23. The molecule has 0 atom stereocenters. The van der Waals surface area contributed by atoms with Crippen molar-refractivity contribution < 1.29 is 19.0 Å². The van der Waals surface area contributed by atoms with Crippen molar-refractivity contribution in [3.05, 3.63) is 94.6 Å². The van der Waals surface area contributed by atoms with E-state index in [9.17, 15) is 19.0 Å². The first-order valence-electron chi connectivity index (χ1n) is 8.56. The molecule has 28 heavy (non-hydrogen) atoms. The molecule has 0 bridgehead atoms. The summed E-state index contributed by atoms with van der Waals surface area (Å²) in [5.41, 5.74) is 2.48. The fourth-order valence-electron chi connectivity index (χ4n) is 2.58. The van der Waals surface area contributed by atoms with Gasteiger partial charge in [0, 0.05) is 23.6 Å². The molecule has 0 saturated carbocycles. The van der Waals surface area contributed by atoms with Crippen LogP contribution in [0.3, 0.4) is 0 Å². The molecule has 0 aliphatic rings. The van der Waals surface area contributed by atoms with Gasteiger partial charge in [0.2, 0.25) is 0 Å². The van der Waals surface area contributed by atoms with Crippen LogP contribution in [0.2, 0.25) is 0 Å². The van der Waals surface area contributed by atoms with Crippen LogP contribution in [0.25, 0.3) is 0 Å². The zero-order valence-electron chi connectivity index (χ0n) is 14.9. The first-order chi connectivity index (χ1) is 13.5. The van der Waals surface area contributed by atoms with Gasteiger partial charge in [-0.3, -0.25) is 9.98 Å². The van der Waals surface area contributed by atoms with E-state index in [2.05, 4.69) is 9.98 Å². The average molecular weight is 380 g/mol. The number of phenols is 2. The summed E-state index contributed by atoms with van der Waals surface area (Å²) in [6.07, 6.45) is 2.85. The molecule has 0 amide bonds. The Morgan fingerprint density at radius 1 is 0.679 bits per heavy atom. The van der Waals surface area contributed by atoms with Crippen LogP contribution in [0.15, 0.2) is 70.6 Å². The molecule has 0 aromatic heterocycles. The van der Waals surface area contributed by atoms with Crippen molar-refractivity contribution in [1.82, 2.24) is 0 Å². The Labute approximate surface area is 161 Å². The van der Waals surface area contributed by atoms with Gasteiger partial charge < -0.3 is 10.2 Å². The van der Waals surface area contributed by atoms with E-state index in [0.717, 1.165) is 11.1 Å². The van der Waals surface area contributed by atoms with Gasteiger partial charge in [0.05, 0.1) is 13.1 Å². The maximum absolute atomic E-state index is 13.2. The second-order valence-corrected chi connectivity index (χ2v) is 6.17. The van der Waals surface area contributed by atoms with Crippen LogP contribution in [0, 0.1) is 11.6 Å². The van der Waals surface area contributed by atoms with Crippen molar-refractivity contribution in [3.63, 3.8) is 0 Å². The number of hydrogen-bond acceptors (Lipinski definition) is 4. The van der Waals surface area contributed by atoms with E-state index in [-0.39, 0.29) is 11.5 Å². The summed E-state index contributed by atoms with van der Waals surface area (Å²) in [5, 5.41) is 19.4. The zero-order valence-corrected chi connectivity index (χ0v) is 14.9. The molecule has 0 radical (unpaired) electrons. The summed E-state index contributed by atoms with van der Waals surface area (Å²) < 4.78 is 26.4. The van der Waals surface area contributed by atoms with Crippen LogP contribution >= 0.6 is 0 Å². The number of aromatic hydroxyl groups is 2. The third-order valence-electron chi connectivity index (χ3n) is 3.98. The van der Waals surface area contributed by atoms with Gasteiger partial charge in [-0.2, -0.15) is 0 Å². The summed E-state index contributed by atoms with van der Waals surface area (Å²) in [6.45, 7) is 0.719. The van der Waals surface area contributed by atoms with Gasteiger partial charge in [-0.15, -0.1) is 0 Å². The molecule has 0 unspecified atom stereocenters. The Kier molecular flexibility index (Phi) is 6.11. The predicted molar refractivity (Wildman–Crippen MR) is 105 cm³/mol. The summed E-state index contributed by atoms with van der Waals surface area (Å²) in [4.78, 5) is 8.48. The predicted octanol–water partition coefficient (Wildman–Crippen LogP) is 4.61. The van der Waals surface area contributed by atoms with Crippen LogP contribution in [0.4, 0.5) is 8.78 Å². The normalized spacial score (nSPS) is 11.5. The highest BCUT2D eigenvalue weighted by Crippen LogP contribution is 2.17. The smallest absolute Gasteiger partial charge is 0.124 e. The quantitative estimate of drug-likeness (QED) is 0.613. The van der Waals surface area contributed by atoms with Crippen molar-refractivity contribution >= 4 is 12.4 Å². The second-order valence-electron chi connectivity index (χ2n) is 6.17. The molecule has 3 aromatic carbocycles. The van der Waals surface area contributed by atoms with Gasteiger partial charge in [0.1, 0.15) is 23.1 Å². The van der Waals surface area contributed by atoms with E-state index < -0.39 is 11.6 Å². The largest absolute Gasteiger partial charge is 0.507 e. The molecule has 0 spiro atoms. The van der Waals surface area contributed by atoms with Crippen molar-refractivity contribution in [2.75, 3.05) is 0 Å². The highest BCUT2D eigenvalue weighted by Gasteiger charge is 2.01. The molecule has 0 saturated heterocycles. The third-order valence-corrected chi connectivity index (χ3v) is 3.98. The van der Waals surface area contributed by atoms with E-state index in [0.29, 0.717) is 24.2 Å². The number of nitrogens with zero attached hydrogens (tertiary/aromatic N) is 2. The highest BCUT2D eigenvalue weighted by molar-refractivity contribution is 5.83. The molecule has 6 heteroatoms. The standard InChI is InChI=1S/C22H18F2N2O2/c23-19-4-6-21(27)17(9-19)13-25-11-15-2-1-3-16(8-15)12-26-14-18-10-20(24)5-7-22(18)28/h1-10,13-14,27-28H,11-12H2. The lowest BCUT2D eigenvalue weighted by molar-refractivity contribution is 0.471. The Morgan fingerprint density at radius 2 is 1.14 bits per heavy atom. The maximum Gasteiger partial charge on any atom is 0.124 e. The molecule has 3 rings (SSSR count). The summed E-state index contributed by atoms with van der Waals surface area (Å²) in [7, 11) is 0. The Morgan fingerprint density at radius 3 is 1.61 bits per heavy atom. The van der Waals surface area contributed by atoms with E-state index in [1.54, 1.807) is 0 Å². The lowest BCUT2D eigenvalue weighted by atomic mass is 10.1. The number of halogens is 2. The minimum absolute atomic E-state index is 0.0335. The Hall–Kier alpha value is -3.54. The summed E-state index contributed by atoms with van der Waals surface area (Å²) >= 11 is 0. The van der Waals surface area contributed by atoms with Crippen LogP contribution in [0.5, 0.6) is 11.5 Å². The fourth-order valence-corrected chi connectivity index (χ4v) is 2.58. The summed E-state index contributed by atoms with van der Waals surface area (Å²) in [5.74, 6) is -0.949. The van der Waals surface area contributed by atoms with Gasteiger partial charge in [-0.25, -0.2) is 8.78 Å². The van der Waals surface area contributed by atoms with Crippen LogP contribution in [0.1, 0.15) is 22.3 Å². The van der Waals surface area contributed by atoms with Crippen LogP contribution in [-0.2, 0) is 13.1 Å². The second kappa shape index (κ2) is 8.90. The van der Waals surface area contributed by atoms with Gasteiger partial charge in [0.25, 0.3) is 0 Å². The number of aliphatic imine (C=N–C) groups is 2. The molecule has 0 aliphatic heterocycles. The van der Waals surface area contributed by atoms with Gasteiger partial charge >= 0.3 is 0 Å². The van der Waals surface area contributed by atoms with Crippen LogP contribution in [-0.4, -0.2) is 22.6 Å². The van der Waals surface area contributed by atoms with E-state index in [1.165, 1.54) is 48.8 Å². The lowest BCUT2D eigenvalue weighted by Crippen LogP contribution is -1.90. The Bertz CT molecular complexity index is 954. The van der Waals surface area contributed by atoms with Gasteiger partial charge in [-0.1, -0.05) is 24.3 Å². The van der Waals surface area contributed by atoms with E-state index in [4.69, 9.17) is 0 Å². The molecule has 2 N–H and O–H groups in total. The fraction of sp³-hybridized carbons (Fsp3) is 0.0909. The van der Waals surface area contributed by atoms with Crippen molar-refractivity contribution in [2.45, 2.75) is 13.1 Å². The van der Waals surface area contributed by atoms with Crippen molar-refractivity contribution in [2.24, 2.45) is 9.98 Å². The number of hydrogen-bond donors (Lipinski definition) is 2. The Balaban J connectivity index is 1.64. The van der Waals surface area contributed by atoms with E-state index >= 15 is 0 Å². The summed E-state index contributed by atoms with van der Waals surface area (Å²) in [6, 6.07) is 14.9. The first kappa shape index (κ1) is 19.2. The van der Waals surface area contributed by atoms with Crippen molar-refractivity contribution in [1.29, 1.82) is 0 Å². The molecule has 0 heterocycles. The number of rotatable bonds is 6. The molecular formula is C22H18F2N2O2. The number of phenolic OH excluding ortho intramolecular Hbond substituents is 2. The SMILES string of the molecule is Oc1ccc(F)cc1C=NCc1cccc(CN=Cc2cc(F)ccc2O)c1. The van der Waals surface area contributed by atoms with Crippen LogP contribution < -0.4 is 0 Å². The van der Waals surface area contributed by atoms with E-state index in [1.807, 2.05) is 24.3 Å². The molecule has 142 valence electrons.